The summed E-state index contributed by atoms with van der Waals surface area (Å²) in [7, 11) is 4.08. The first kappa shape index (κ1) is 14.8. The molecule has 0 radical (unpaired) electrons. The van der Waals surface area contributed by atoms with Gasteiger partial charge in [-0.1, -0.05) is 23.2 Å². The summed E-state index contributed by atoms with van der Waals surface area (Å²) in [5.74, 6) is 0. The SMILES string of the molecule is CNCCCN(C)C(C)c1cc(Cl)ccc1Cl. The van der Waals surface area contributed by atoms with E-state index in [1.165, 1.54) is 0 Å². The zero-order valence-corrected chi connectivity index (χ0v) is 12.1. The van der Waals surface area contributed by atoms with Crippen LogP contribution >= 0.6 is 23.2 Å². The van der Waals surface area contributed by atoms with Crippen LogP contribution < -0.4 is 5.32 Å². The second-order valence-electron chi connectivity index (χ2n) is 4.28. The standard InChI is InChI=1S/C13H20Cl2N2/c1-10(17(3)8-4-7-16-2)12-9-11(14)5-6-13(12)15/h5-6,9-10,16H,4,7-8H2,1-3H3. The van der Waals surface area contributed by atoms with E-state index in [4.69, 9.17) is 23.2 Å². The molecule has 1 aromatic carbocycles. The molecule has 2 nitrogen and oxygen atoms in total. The Kier molecular flexibility index (Phi) is 6.28. The molecule has 4 heteroatoms. The van der Waals surface area contributed by atoms with Gasteiger partial charge in [-0.2, -0.15) is 0 Å². The van der Waals surface area contributed by atoms with Crippen LogP contribution in [-0.2, 0) is 0 Å². The minimum atomic E-state index is 0.276. The highest BCUT2D eigenvalue weighted by Crippen LogP contribution is 2.29. The maximum atomic E-state index is 6.20. The molecule has 0 aliphatic rings. The topological polar surface area (TPSA) is 15.3 Å². The fraction of sp³-hybridized carbons (Fsp3) is 0.538. The molecule has 96 valence electrons. The molecule has 0 fully saturated rings. The van der Waals surface area contributed by atoms with Crippen molar-refractivity contribution in [2.24, 2.45) is 0 Å². The van der Waals surface area contributed by atoms with E-state index in [0.717, 1.165) is 35.1 Å². The summed E-state index contributed by atoms with van der Waals surface area (Å²) >= 11 is 12.2. The van der Waals surface area contributed by atoms with Crippen LogP contribution in [0, 0.1) is 0 Å². The Bertz CT molecular complexity index is 355. The van der Waals surface area contributed by atoms with Gasteiger partial charge < -0.3 is 5.32 Å². The van der Waals surface area contributed by atoms with Crippen LogP contribution in [0.25, 0.3) is 0 Å². The zero-order chi connectivity index (χ0) is 12.8. The molecule has 0 spiro atoms. The molecule has 1 N–H and O–H groups in total. The van der Waals surface area contributed by atoms with Gasteiger partial charge in [-0.25, -0.2) is 0 Å². The van der Waals surface area contributed by atoms with Gasteiger partial charge in [0.25, 0.3) is 0 Å². The van der Waals surface area contributed by atoms with Crippen LogP contribution in [0.5, 0.6) is 0 Å². The van der Waals surface area contributed by atoms with Gasteiger partial charge in [0.2, 0.25) is 0 Å². The first-order valence-corrected chi connectivity index (χ1v) is 6.61. The zero-order valence-electron chi connectivity index (χ0n) is 10.6. The van der Waals surface area contributed by atoms with Crippen LogP contribution in [0.4, 0.5) is 0 Å². The third-order valence-electron chi connectivity index (χ3n) is 3.01. The monoisotopic (exact) mass is 274 g/mol. The number of rotatable bonds is 6. The maximum absolute atomic E-state index is 6.20. The van der Waals surface area contributed by atoms with E-state index >= 15 is 0 Å². The number of halogens is 2. The maximum Gasteiger partial charge on any atom is 0.0454 e. The molecule has 1 rings (SSSR count). The van der Waals surface area contributed by atoms with Gasteiger partial charge >= 0.3 is 0 Å². The summed E-state index contributed by atoms with van der Waals surface area (Å²) in [6.45, 7) is 4.21. The number of nitrogens with one attached hydrogen (secondary N) is 1. The van der Waals surface area contributed by atoms with Crippen molar-refractivity contribution in [1.82, 2.24) is 10.2 Å². The Morgan fingerprint density at radius 1 is 1.35 bits per heavy atom. The molecule has 1 atom stereocenters. The van der Waals surface area contributed by atoms with Gasteiger partial charge in [0.05, 0.1) is 0 Å². The highest BCUT2D eigenvalue weighted by atomic mass is 35.5. The van der Waals surface area contributed by atoms with Crippen LogP contribution in [0.1, 0.15) is 24.9 Å². The lowest BCUT2D eigenvalue weighted by atomic mass is 10.1. The normalized spacial score (nSPS) is 13.1. The van der Waals surface area contributed by atoms with Crippen molar-refractivity contribution in [3.63, 3.8) is 0 Å². The Morgan fingerprint density at radius 3 is 2.71 bits per heavy atom. The molecule has 0 saturated heterocycles. The Balaban J connectivity index is 2.67. The number of hydrogen-bond donors (Lipinski definition) is 1. The molecule has 1 unspecified atom stereocenters. The second kappa shape index (κ2) is 7.22. The van der Waals surface area contributed by atoms with Crippen molar-refractivity contribution in [1.29, 1.82) is 0 Å². The Morgan fingerprint density at radius 2 is 2.06 bits per heavy atom. The van der Waals surface area contributed by atoms with Crippen molar-refractivity contribution < 1.29 is 0 Å². The van der Waals surface area contributed by atoms with Crippen molar-refractivity contribution in [3.8, 4) is 0 Å². The fourth-order valence-electron chi connectivity index (χ4n) is 1.77. The first-order chi connectivity index (χ1) is 8.06. The molecular weight excluding hydrogens is 255 g/mol. The van der Waals surface area contributed by atoms with Gasteiger partial charge in [-0.05, 0) is 64.3 Å². The van der Waals surface area contributed by atoms with Gasteiger partial charge in [-0.15, -0.1) is 0 Å². The highest BCUT2D eigenvalue weighted by molar-refractivity contribution is 6.33. The van der Waals surface area contributed by atoms with E-state index in [9.17, 15) is 0 Å². The van der Waals surface area contributed by atoms with Crippen LogP contribution in [0.15, 0.2) is 18.2 Å². The van der Waals surface area contributed by atoms with Crippen LogP contribution in [-0.4, -0.2) is 32.1 Å². The number of hydrogen-bond acceptors (Lipinski definition) is 2. The molecule has 0 saturated carbocycles. The van der Waals surface area contributed by atoms with E-state index in [1.54, 1.807) is 0 Å². The minimum Gasteiger partial charge on any atom is -0.320 e. The summed E-state index contributed by atoms with van der Waals surface area (Å²) in [6.07, 6.45) is 1.12. The van der Waals surface area contributed by atoms with Gasteiger partial charge in [0, 0.05) is 16.1 Å². The summed E-state index contributed by atoms with van der Waals surface area (Å²) in [4.78, 5) is 2.29. The summed E-state index contributed by atoms with van der Waals surface area (Å²) < 4.78 is 0. The minimum absolute atomic E-state index is 0.276. The summed E-state index contributed by atoms with van der Waals surface area (Å²) in [5.41, 5.74) is 1.09. The Hall–Kier alpha value is -0.280. The first-order valence-electron chi connectivity index (χ1n) is 5.86. The third kappa shape index (κ3) is 4.47. The van der Waals surface area contributed by atoms with Crippen LogP contribution in [0.2, 0.25) is 10.0 Å². The number of benzene rings is 1. The third-order valence-corrected chi connectivity index (χ3v) is 3.59. The van der Waals surface area contributed by atoms with Gasteiger partial charge in [0.15, 0.2) is 0 Å². The lowest BCUT2D eigenvalue weighted by molar-refractivity contribution is 0.258. The number of nitrogens with zero attached hydrogens (tertiary/aromatic N) is 1. The lowest BCUT2D eigenvalue weighted by Gasteiger charge is -2.26. The summed E-state index contributed by atoms with van der Waals surface area (Å²) in [5, 5.41) is 4.66. The van der Waals surface area contributed by atoms with Crippen molar-refractivity contribution in [2.75, 3.05) is 27.2 Å². The van der Waals surface area contributed by atoms with Gasteiger partial charge in [0.1, 0.15) is 0 Å². The summed E-state index contributed by atoms with van der Waals surface area (Å²) in [6, 6.07) is 5.90. The van der Waals surface area contributed by atoms with E-state index in [0.29, 0.717) is 0 Å². The average molecular weight is 275 g/mol. The van der Waals surface area contributed by atoms with Crippen molar-refractivity contribution >= 4 is 23.2 Å². The molecule has 1 aromatic rings. The van der Waals surface area contributed by atoms with Gasteiger partial charge in [-0.3, -0.25) is 4.90 Å². The molecule has 0 bridgehead atoms. The van der Waals surface area contributed by atoms with E-state index < -0.39 is 0 Å². The van der Waals surface area contributed by atoms with Crippen molar-refractivity contribution in [2.45, 2.75) is 19.4 Å². The quantitative estimate of drug-likeness (QED) is 0.798. The highest BCUT2D eigenvalue weighted by Gasteiger charge is 2.14. The molecule has 0 aliphatic heterocycles. The molecule has 0 aliphatic carbocycles. The van der Waals surface area contributed by atoms with E-state index in [1.807, 2.05) is 25.2 Å². The van der Waals surface area contributed by atoms with Crippen molar-refractivity contribution in [3.05, 3.63) is 33.8 Å². The fourth-order valence-corrected chi connectivity index (χ4v) is 2.23. The largest absolute Gasteiger partial charge is 0.320 e. The molecule has 0 amide bonds. The average Bonchev–Trinajstić information content (AvgIpc) is 2.31. The lowest BCUT2D eigenvalue weighted by Crippen LogP contribution is -2.26. The predicted molar refractivity (Wildman–Crippen MR) is 76.1 cm³/mol. The molecular formula is C13H20Cl2N2. The molecule has 0 heterocycles. The Labute approximate surface area is 114 Å². The molecule has 0 aromatic heterocycles. The van der Waals surface area contributed by atoms with E-state index in [2.05, 4.69) is 24.2 Å². The smallest absolute Gasteiger partial charge is 0.0454 e. The molecule has 17 heavy (non-hydrogen) atoms. The second-order valence-corrected chi connectivity index (χ2v) is 5.12. The van der Waals surface area contributed by atoms with Crippen LogP contribution in [0.3, 0.4) is 0 Å². The van der Waals surface area contributed by atoms with E-state index in [-0.39, 0.29) is 6.04 Å². The predicted octanol–water partition coefficient (Wildman–Crippen LogP) is 3.60.